The molecule has 95 heavy (non-hydrogen) atoms. The monoisotopic (exact) mass is 1310 g/mol. The molecule has 10 heterocycles. The van der Waals surface area contributed by atoms with Gasteiger partial charge in [0.05, 0.1) is 87.9 Å². The Hall–Kier alpha value is -13.8. The third kappa shape index (κ3) is 13.6. The van der Waals surface area contributed by atoms with Crippen LogP contribution in [0.2, 0.25) is 0 Å². The van der Waals surface area contributed by atoms with E-state index in [1.165, 1.54) is 53.3 Å². The summed E-state index contributed by atoms with van der Waals surface area (Å²) in [5.74, 6) is -4.03. The third-order valence-corrected chi connectivity index (χ3v) is 16.3. The van der Waals surface area contributed by atoms with Crippen LogP contribution in [0.3, 0.4) is 0 Å². The van der Waals surface area contributed by atoms with E-state index in [9.17, 15) is 88.4 Å². The zero-order valence-corrected chi connectivity index (χ0v) is 49.4. The first-order valence-electron chi connectivity index (χ1n) is 27.2. The van der Waals surface area contributed by atoms with Gasteiger partial charge in [0.15, 0.2) is 0 Å². The number of rotatable bonds is 6. The number of nitro groups is 4. The van der Waals surface area contributed by atoms with E-state index in [1.807, 2.05) is 71.3 Å². The van der Waals surface area contributed by atoms with Crippen LogP contribution in [0.15, 0.2) is 208 Å². The van der Waals surface area contributed by atoms with Crippen LogP contribution >= 0.6 is 22.7 Å². The lowest BCUT2D eigenvalue weighted by Gasteiger charge is -2.12. The molecule has 2 aliphatic heterocycles. The van der Waals surface area contributed by atoms with Crippen LogP contribution in [0.25, 0.3) is 74.3 Å². The Morgan fingerprint density at radius 1 is 0.379 bits per heavy atom. The smallest absolute Gasteiger partial charge is 0.309 e. The van der Waals surface area contributed by atoms with Gasteiger partial charge in [-0.3, -0.25) is 104 Å². The normalized spacial score (nSPS) is 12.0. The molecule has 4 amide bonds. The molecular formula is C63H38N12O18S2. The van der Waals surface area contributed by atoms with Crippen molar-refractivity contribution in [1.29, 1.82) is 0 Å². The second kappa shape index (κ2) is 27.6. The first-order valence-corrected chi connectivity index (χ1v) is 28.8. The highest BCUT2D eigenvalue weighted by atomic mass is 32.1. The summed E-state index contributed by atoms with van der Waals surface area (Å²) < 4.78 is 0.382. The van der Waals surface area contributed by atoms with Crippen molar-refractivity contribution in [2.24, 2.45) is 0 Å². The number of nitrogens with one attached hydrogen (secondary N) is 7. The molecule has 2 aliphatic rings. The second-order valence-corrected chi connectivity index (χ2v) is 21.7. The Morgan fingerprint density at radius 2 is 0.832 bits per heavy atom. The number of hydrogen-bond donors (Lipinski definition) is 7. The van der Waals surface area contributed by atoms with Gasteiger partial charge in [-0.2, -0.15) is 0 Å². The van der Waals surface area contributed by atoms with Crippen molar-refractivity contribution in [2.75, 3.05) is 0 Å². The van der Waals surface area contributed by atoms with E-state index in [4.69, 9.17) is 0 Å². The maximum absolute atomic E-state index is 11.7. The summed E-state index contributed by atoms with van der Waals surface area (Å²) in [4.78, 5) is 173. The van der Waals surface area contributed by atoms with Crippen molar-refractivity contribution >= 4 is 134 Å². The standard InChI is InChI=1S/C13H8N2O3S.C13H7NO3S.C11H7N3O3.C9H6N2O3.C9H5NO3.C8H5N3O3/c16-13-12-9(10(7-14-13)15(17)18)6-11(19-12)8-4-2-1-3-5-8;15-10-8-6-9(7-4-2-1-3-5-7)18-11(8)13(17)14-12(10)16;15-11-9-6-3-1-2-4-7(6)13-10(9)8(5-12-11)14(16)17;12-9-7-4-2-1-3-6(7)8(5-10-9)11(13)14;11-7-5-3-1-2-4-6(5)8(12)10-9(7)13;12-8-6-3-9-2-1-5(6)7(4-10-8)11(13)14/h1-7H,(H,14,16);1-6H,(H,14,16,17);1-5,13H,(H,12,15);1-5H,(H,10,12);1-4H,(H,10,12,13);1-4H,(H,10,12). The minimum atomic E-state index is -0.858. The molecule has 0 atom stereocenters. The van der Waals surface area contributed by atoms with Crippen LogP contribution in [0.1, 0.15) is 40.7 Å². The van der Waals surface area contributed by atoms with Crippen molar-refractivity contribution in [2.45, 2.75) is 0 Å². The van der Waals surface area contributed by atoms with Crippen molar-refractivity contribution in [3.8, 4) is 20.9 Å². The first-order chi connectivity index (χ1) is 45.6. The number of nitrogens with zero attached hydrogens (tertiary/aromatic N) is 5. The number of H-pyrrole nitrogens is 5. The fraction of sp³-hybridized carbons (Fsp3) is 0. The third-order valence-electron chi connectivity index (χ3n) is 13.9. The van der Waals surface area contributed by atoms with Gasteiger partial charge < -0.3 is 24.9 Å². The summed E-state index contributed by atoms with van der Waals surface area (Å²) in [5.41, 5.74) is 1.74. The van der Waals surface area contributed by atoms with Crippen LogP contribution < -0.4 is 32.9 Å². The SMILES string of the molecule is O=C1NC(=O)c2ccccc2C1=O.O=C1NC(=O)c2sc(-c3ccccc3)cc2C1=O.O=c1[nH]cc([N+](=O)[O-])c2[nH]c3ccccc3c12.O=c1[nH]cc([N+](=O)[O-])c2cc(-c3ccccc3)sc12.O=c1[nH]cc([N+](=O)[O-])c2ccccc12.O=c1[nH]cc([N+](=O)[O-])c2ccncc12. The fourth-order valence-electron chi connectivity index (χ4n) is 9.54. The minimum absolute atomic E-state index is 0.0759. The van der Waals surface area contributed by atoms with E-state index < -0.39 is 54.9 Å². The van der Waals surface area contributed by atoms with Crippen molar-refractivity contribution in [3.63, 3.8) is 0 Å². The largest absolute Gasteiger partial charge is 0.349 e. The lowest BCUT2D eigenvalue weighted by molar-refractivity contribution is -0.383. The molecule has 8 aromatic heterocycles. The molecule has 470 valence electrons. The van der Waals surface area contributed by atoms with Crippen LogP contribution in [0.5, 0.6) is 0 Å². The predicted octanol–water partition coefficient (Wildman–Crippen LogP) is 9.36. The number of ketones is 2. The number of benzene rings is 5. The summed E-state index contributed by atoms with van der Waals surface area (Å²) >= 11 is 2.48. The quantitative estimate of drug-likeness (QED) is 0.0352. The Morgan fingerprint density at radius 3 is 1.43 bits per heavy atom. The van der Waals surface area contributed by atoms with E-state index >= 15 is 0 Å². The number of carbonyl (C=O) groups excluding carboxylic acids is 6. The molecule has 0 unspecified atom stereocenters. The molecule has 15 rings (SSSR count). The highest BCUT2D eigenvalue weighted by Crippen LogP contribution is 2.36. The van der Waals surface area contributed by atoms with Crippen molar-refractivity contribution < 1.29 is 48.5 Å². The van der Waals surface area contributed by atoms with Crippen LogP contribution in [-0.2, 0) is 9.59 Å². The highest BCUT2D eigenvalue weighted by Gasteiger charge is 2.33. The van der Waals surface area contributed by atoms with E-state index in [0.717, 1.165) is 45.7 Å². The molecule has 7 N–H and O–H groups in total. The van der Waals surface area contributed by atoms with Gasteiger partial charge in [0, 0.05) is 38.6 Å². The summed E-state index contributed by atoms with van der Waals surface area (Å²) in [6, 6.07) is 43.5. The van der Waals surface area contributed by atoms with Gasteiger partial charge >= 0.3 is 5.69 Å². The van der Waals surface area contributed by atoms with Gasteiger partial charge in [-0.25, -0.2) is 0 Å². The minimum Gasteiger partial charge on any atom is -0.349 e. The molecule has 30 nitrogen and oxygen atoms in total. The zero-order chi connectivity index (χ0) is 67.8. The number of aromatic amines is 5. The molecule has 5 aromatic carbocycles. The van der Waals surface area contributed by atoms with Gasteiger partial charge in [-0.1, -0.05) is 109 Å². The average Bonchev–Trinajstić information content (AvgIpc) is 1.65. The zero-order valence-electron chi connectivity index (χ0n) is 47.8. The summed E-state index contributed by atoms with van der Waals surface area (Å²) in [7, 11) is 0. The molecule has 0 saturated heterocycles. The number of aromatic nitrogens is 6. The Balaban J connectivity index is 0.000000125. The molecule has 0 saturated carbocycles. The molecule has 0 fully saturated rings. The van der Waals surface area contributed by atoms with Gasteiger partial charge in [0.1, 0.15) is 15.1 Å². The number of imide groups is 2. The predicted molar refractivity (Wildman–Crippen MR) is 348 cm³/mol. The van der Waals surface area contributed by atoms with Gasteiger partial charge in [-0.15, -0.1) is 22.7 Å². The van der Waals surface area contributed by atoms with Gasteiger partial charge in [0.25, 0.3) is 74.5 Å². The second-order valence-electron chi connectivity index (χ2n) is 19.6. The van der Waals surface area contributed by atoms with E-state index in [-0.39, 0.29) is 72.6 Å². The maximum atomic E-state index is 11.7. The van der Waals surface area contributed by atoms with Gasteiger partial charge in [-0.05, 0) is 53.6 Å². The summed E-state index contributed by atoms with van der Waals surface area (Å²) in [6.45, 7) is 0. The van der Waals surface area contributed by atoms with E-state index in [2.05, 4.69) is 29.9 Å². The fourth-order valence-corrected chi connectivity index (χ4v) is 11.7. The maximum Gasteiger partial charge on any atom is 0.309 e. The molecule has 0 aliphatic carbocycles. The lowest BCUT2D eigenvalue weighted by atomic mass is 9.99. The number of hydrogen-bond acceptors (Lipinski definition) is 21. The summed E-state index contributed by atoms with van der Waals surface area (Å²) in [5, 5.41) is 49.6. The number of amides is 4. The van der Waals surface area contributed by atoms with Gasteiger partial charge in [0.2, 0.25) is 0 Å². The Kier molecular flexibility index (Phi) is 18.6. The number of Topliss-reactive ketones (excluding diaryl/α,β-unsaturated/α-hetero) is 2. The number of carbonyl (C=O) groups is 6. The highest BCUT2D eigenvalue weighted by molar-refractivity contribution is 7.22. The molecule has 0 radical (unpaired) electrons. The van der Waals surface area contributed by atoms with Crippen LogP contribution in [0, 0.1) is 40.5 Å². The van der Waals surface area contributed by atoms with Crippen LogP contribution in [0.4, 0.5) is 22.7 Å². The first kappa shape index (κ1) is 64.2. The Labute approximate surface area is 533 Å². The summed E-state index contributed by atoms with van der Waals surface area (Å²) in [6.07, 6.45) is 7.18. The number of fused-ring (bicyclic) bond motifs is 8. The van der Waals surface area contributed by atoms with Crippen LogP contribution in [-0.4, -0.2) is 84.8 Å². The molecule has 0 bridgehead atoms. The van der Waals surface area contributed by atoms with Crippen molar-refractivity contribution in [1.82, 2.24) is 40.5 Å². The number of thiophene rings is 2. The molecule has 32 heteroatoms. The molecular weight excluding hydrogens is 1280 g/mol. The Bertz CT molecular complexity index is 5500. The number of para-hydroxylation sites is 1. The van der Waals surface area contributed by atoms with E-state index in [1.54, 1.807) is 72.8 Å². The number of pyridine rings is 5. The lowest BCUT2D eigenvalue weighted by Crippen LogP contribution is -2.41. The topological polar surface area (TPSA) is 459 Å². The average molecular weight is 1320 g/mol. The van der Waals surface area contributed by atoms with E-state index in [0.29, 0.717) is 47.4 Å². The molecule has 0 spiro atoms. The van der Waals surface area contributed by atoms with Crippen molar-refractivity contribution in [3.05, 3.63) is 292 Å². The molecule has 13 aromatic rings.